The van der Waals surface area contributed by atoms with E-state index in [9.17, 15) is 9.59 Å². The topological polar surface area (TPSA) is 43.4 Å². The van der Waals surface area contributed by atoms with Gasteiger partial charge in [0.25, 0.3) is 0 Å². The van der Waals surface area contributed by atoms with Gasteiger partial charge in [-0.2, -0.15) is 0 Å². The summed E-state index contributed by atoms with van der Waals surface area (Å²) in [4.78, 5) is 21.6. The van der Waals surface area contributed by atoms with Crippen molar-refractivity contribution in [2.45, 2.75) is 51.0 Å². The Morgan fingerprint density at radius 3 is 2.48 bits per heavy atom. The quantitative estimate of drug-likeness (QED) is 0.466. The van der Waals surface area contributed by atoms with Gasteiger partial charge in [0.05, 0.1) is 0 Å². The summed E-state index contributed by atoms with van der Waals surface area (Å²) in [5, 5.41) is 0.767. The van der Waals surface area contributed by atoms with Crippen LogP contribution in [0.5, 0.6) is 0 Å². The molecule has 2 rings (SSSR count). The number of halogens is 1. The van der Waals surface area contributed by atoms with Crippen molar-refractivity contribution in [3.8, 4) is 0 Å². The Bertz CT molecular complexity index is 475. The minimum atomic E-state index is -0.419. The Labute approximate surface area is 130 Å². The van der Waals surface area contributed by atoms with E-state index in [0.717, 1.165) is 30.7 Å². The van der Waals surface area contributed by atoms with Crippen molar-refractivity contribution in [3.63, 3.8) is 0 Å². The molecule has 1 aliphatic rings. The highest BCUT2D eigenvalue weighted by atomic mass is 35.5. The standard InChI is InChI=1S/C17H21ClO3/c1-12(21-17(20)10-11-19)13-2-4-14(5-3-13)15-6-8-16(18)9-7-15/h6-9,11-14H,2-5,10H2,1H3. The minimum absolute atomic E-state index is 0.108. The first-order chi connectivity index (χ1) is 10.1. The van der Waals surface area contributed by atoms with Gasteiger partial charge in [-0.3, -0.25) is 4.79 Å². The van der Waals surface area contributed by atoms with E-state index in [2.05, 4.69) is 12.1 Å². The van der Waals surface area contributed by atoms with Crippen LogP contribution in [0, 0.1) is 5.92 Å². The summed E-state index contributed by atoms with van der Waals surface area (Å²) in [6, 6.07) is 8.07. The SMILES string of the molecule is CC(OC(=O)CC=O)C1CCC(c2ccc(Cl)cc2)CC1. The first kappa shape index (κ1) is 16.0. The average molecular weight is 309 g/mol. The van der Waals surface area contributed by atoms with Crippen molar-refractivity contribution < 1.29 is 14.3 Å². The lowest BCUT2D eigenvalue weighted by Crippen LogP contribution is -2.27. The van der Waals surface area contributed by atoms with Crippen LogP contribution >= 0.6 is 11.6 Å². The summed E-state index contributed by atoms with van der Waals surface area (Å²) in [5.41, 5.74) is 1.34. The van der Waals surface area contributed by atoms with E-state index in [1.165, 1.54) is 5.56 Å². The van der Waals surface area contributed by atoms with Crippen LogP contribution in [0.25, 0.3) is 0 Å². The molecule has 1 atom stereocenters. The fraction of sp³-hybridized carbons (Fsp3) is 0.529. The van der Waals surface area contributed by atoms with Gasteiger partial charge in [-0.05, 0) is 62.1 Å². The molecule has 0 saturated heterocycles. The lowest BCUT2D eigenvalue weighted by molar-refractivity contribution is -0.151. The Morgan fingerprint density at radius 2 is 1.90 bits per heavy atom. The number of benzene rings is 1. The second-order valence-corrected chi connectivity index (χ2v) is 6.17. The molecule has 1 saturated carbocycles. The van der Waals surface area contributed by atoms with Crippen LogP contribution in [0.3, 0.4) is 0 Å². The third kappa shape index (κ3) is 4.57. The highest BCUT2D eigenvalue weighted by Crippen LogP contribution is 2.37. The fourth-order valence-corrected chi connectivity index (χ4v) is 3.20. The van der Waals surface area contributed by atoms with Crippen molar-refractivity contribution in [1.29, 1.82) is 0 Å². The number of aldehydes is 1. The largest absolute Gasteiger partial charge is 0.462 e. The minimum Gasteiger partial charge on any atom is -0.462 e. The van der Waals surface area contributed by atoms with E-state index >= 15 is 0 Å². The van der Waals surface area contributed by atoms with E-state index < -0.39 is 5.97 Å². The Kier molecular flexibility index (Phi) is 5.80. The molecule has 1 unspecified atom stereocenters. The molecule has 1 fully saturated rings. The molecule has 114 valence electrons. The summed E-state index contributed by atoms with van der Waals surface area (Å²) in [6.07, 6.45) is 4.62. The highest BCUT2D eigenvalue weighted by Gasteiger charge is 2.27. The maximum absolute atomic E-state index is 11.3. The zero-order valence-electron chi connectivity index (χ0n) is 12.3. The lowest BCUT2D eigenvalue weighted by Gasteiger charge is -2.32. The number of esters is 1. The maximum atomic E-state index is 11.3. The smallest absolute Gasteiger partial charge is 0.313 e. The molecule has 0 heterocycles. The molecule has 3 nitrogen and oxygen atoms in total. The van der Waals surface area contributed by atoms with E-state index in [4.69, 9.17) is 16.3 Å². The lowest BCUT2D eigenvalue weighted by atomic mass is 9.77. The molecule has 21 heavy (non-hydrogen) atoms. The summed E-state index contributed by atoms with van der Waals surface area (Å²) in [5.74, 6) is 0.540. The molecular formula is C17H21ClO3. The number of rotatable bonds is 5. The number of ether oxygens (including phenoxy) is 1. The summed E-state index contributed by atoms with van der Waals surface area (Å²) >= 11 is 5.92. The van der Waals surface area contributed by atoms with Crippen LogP contribution in [-0.4, -0.2) is 18.4 Å². The van der Waals surface area contributed by atoms with Gasteiger partial charge in [0.1, 0.15) is 18.8 Å². The van der Waals surface area contributed by atoms with Crippen LogP contribution in [0.4, 0.5) is 0 Å². The van der Waals surface area contributed by atoms with Crippen LogP contribution in [0.2, 0.25) is 5.02 Å². The van der Waals surface area contributed by atoms with Gasteiger partial charge in [-0.25, -0.2) is 0 Å². The van der Waals surface area contributed by atoms with Crippen LogP contribution in [-0.2, 0) is 14.3 Å². The predicted molar refractivity (Wildman–Crippen MR) is 82.4 cm³/mol. The van der Waals surface area contributed by atoms with Crippen molar-refractivity contribution in [1.82, 2.24) is 0 Å². The number of carbonyl (C=O) groups is 2. The highest BCUT2D eigenvalue weighted by molar-refractivity contribution is 6.30. The Hall–Kier alpha value is -1.35. The number of carbonyl (C=O) groups excluding carboxylic acids is 2. The molecule has 0 bridgehead atoms. The molecule has 1 aromatic rings. The molecule has 1 aliphatic carbocycles. The molecule has 0 aromatic heterocycles. The predicted octanol–water partition coefficient (Wildman–Crippen LogP) is 4.13. The van der Waals surface area contributed by atoms with Crippen LogP contribution in [0.1, 0.15) is 50.5 Å². The zero-order valence-corrected chi connectivity index (χ0v) is 13.0. The van der Waals surface area contributed by atoms with E-state index in [0.29, 0.717) is 18.1 Å². The second-order valence-electron chi connectivity index (χ2n) is 5.73. The third-order valence-electron chi connectivity index (χ3n) is 4.34. The van der Waals surface area contributed by atoms with Gasteiger partial charge in [-0.1, -0.05) is 23.7 Å². The van der Waals surface area contributed by atoms with Gasteiger partial charge >= 0.3 is 5.97 Å². The second kappa shape index (κ2) is 7.60. The first-order valence-electron chi connectivity index (χ1n) is 7.48. The summed E-state index contributed by atoms with van der Waals surface area (Å²) < 4.78 is 5.30. The van der Waals surface area contributed by atoms with Crippen molar-refractivity contribution in [2.24, 2.45) is 5.92 Å². The third-order valence-corrected chi connectivity index (χ3v) is 4.60. The van der Waals surface area contributed by atoms with Crippen LogP contribution in [0.15, 0.2) is 24.3 Å². The van der Waals surface area contributed by atoms with Gasteiger partial charge < -0.3 is 9.53 Å². The van der Waals surface area contributed by atoms with Crippen molar-refractivity contribution >= 4 is 23.9 Å². The first-order valence-corrected chi connectivity index (χ1v) is 7.86. The van der Waals surface area contributed by atoms with Gasteiger partial charge in [0.2, 0.25) is 0 Å². The van der Waals surface area contributed by atoms with Gasteiger partial charge in [0.15, 0.2) is 0 Å². The van der Waals surface area contributed by atoms with E-state index in [1.807, 2.05) is 19.1 Å². The number of hydrogen-bond acceptors (Lipinski definition) is 3. The molecular weight excluding hydrogens is 288 g/mol. The Morgan fingerprint density at radius 1 is 1.29 bits per heavy atom. The van der Waals surface area contributed by atoms with E-state index in [1.54, 1.807) is 0 Å². The van der Waals surface area contributed by atoms with E-state index in [-0.39, 0.29) is 12.5 Å². The molecule has 0 amide bonds. The molecule has 1 aromatic carbocycles. The average Bonchev–Trinajstić information content (AvgIpc) is 2.48. The normalized spacial score (nSPS) is 23.3. The van der Waals surface area contributed by atoms with Crippen molar-refractivity contribution in [2.75, 3.05) is 0 Å². The summed E-state index contributed by atoms with van der Waals surface area (Å²) in [6.45, 7) is 1.93. The maximum Gasteiger partial charge on any atom is 0.313 e. The van der Waals surface area contributed by atoms with Gasteiger partial charge in [0, 0.05) is 5.02 Å². The molecule has 0 spiro atoms. The number of hydrogen-bond donors (Lipinski definition) is 0. The van der Waals surface area contributed by atoms with Crippen LogP contribution < -0.4 is 0 Å². The van der Waals surface area contributed by atoms with Gasteiger partial charge in [-0.15, -0.1) is 0 Å². The summed E-state index contributed by atoms with van der Waals surface area (Å²) in [7, 11) is 0. The molecule has 0 aliphatic heterocycles. The Balaban J connectivity index is 1.83. The molecule has 4 heteroatoms. The van der Waals surface area contributed by atoms with Crippen molar-refractivity contribution in [3.05, 3.63) is 34.9 Å². The zero-order chi connectivity index (χ0) is 15.2. The monoisotopic (exact) mass is 308 g/mol. The molecule has 0 radical (unpaired) electrons. The fourth-order valence-electron chi connectivity index (χ4n) is 3.08. The molecule has 0 N–H and O–H groups in total.